The summed E-state index contributed by atoms with van der Waals surface area (Å²) in [6, 6.07) is 14.0. The van der Waals surface area contributed by atoms with Gasteiger partial charge in [0, 0.05) is 26.1 Å². The first-order chi connectivity index (χ1) is 13.9. The normalized spacial score (nSPS) is 12.5. The van der Waals surface area contributed by atoms with E-state index in [1.54, 1.807) is 5.01 Å². The fraction of sp³-hybridized carbons (Fsp3) is 0.318. The summed E-state index contributed by atoms with van der Waals surface area (Å²) < 4.78 is 7.98. The minimum Gasteiger partial charge on any atom is -0.475 e. The quantitative estimate of drug-likeness (QED) is 0.298. The maximum Gasteiger partial charge on any atom is 0.208 e. The molecule has 0 bridgehead atoms. The van der Waals surface area contributed by atoms with Gasteiger partial charge in [0.05, 0.1) is 16.7 Å². The molecule has 0 radical (unpaired) electrons. The van der Waals surface area contributed by atoms with Crippen LogP contribution in [0.1, 0.15) is 37.2 Å². The second-order valence-electron chi connectivity index (χ2n) is 6.99. The molecular formula is C22H28N6O. The number of ether oxygens (including phenoxy) is 1. The molecule has 3 aromatic rings. The smallest absolute Gasteiger partial charge is 0.208 e. The van der Waals surface area contributed by atoms with Crippen molar-refractivity contribution in [2.45, 2.75) is 33.8 Å². The number of rotatable bonds is 6. The van der Waals surface area contributed by atoms with Crippen molar-refractivity contribution in [3.05, 3.63) is 59.4 Å². The van der Waals surface area contributed by atoms with Crippen LogP contribution in [0.25, 0.3) is 11.0 Å². The molecule has 1 aromatic heterocycles. The van der Waals surface area contributed by atoms with Gasteiger partial charge < -0.3 is 14.3 Å². The summed E-state index contributed by atoms with van der Waals surface area (Å²) in [5.41, 5.74) is 5.82. The highest BCUT2D eigenvalue weighted by Crippen LogP contribution is 2.22. The molecule has 0 spiro atoms. The summed E-state index contributed by atoms with van der Waals surface area (Å²) in [5, 5.41) is 10.3. The van der Waals surface area contributed by atoms with Crippen molar-refractivity contribution in [2.75, 3.05) is 12.1 Å². The van der Waals surface area contributed by atoms with E-state index in [1.165, 1.54) is 0 Å². The SMILES string of the molecule is CCC(=NN=C(C)c1nc2ccccc2n1C)OCc1c(C)cccc1N(C)N. The van der Waals surface area contributed by atoms with Crippen LogP contribution in [-0.4, -0.2) is 28.2 Å². The zero-order valence-corrected chi connectivity index (χ0v) is 17.7. The van der Waals surface area contributed by atoms with Gasteiger partial charge in [-0.2, -0.15) is 0 Å². The van der Waals surface area contributed by atoms with Gasteiger partial charge in [0.15, 0.2) is 5.82 Å². The van der Waals surface area contributed by atoms with Crippen LogP contribution in [0.3, 0.4) is 0 Å². The lowest BCUT2D eigenvalue weighted by molar-refractivity contribution is 0.283. The van der Waals surface area contributed by atoms with E-state index in [2.05, 4.69) is 15.2 Å². The topological polar surface area (TPSA) is 81.0 Å². The molecule has 152 valence electrons. The van der Waals surface area contributed by atoms with Crippen molar-refractivity contribution >= 4 is 28.3 Å². The van der Waals surface area contributed by atoms with Crippen LogP contribution in [0.5, 0.6) is 0 Å². The highest BCUT2D eigenvalue weighted by atomic mass is 16.5. The molecule has 2 aromatic carbocycles. The Hall–Kier alpha value is -3.19. The Kier molecular flexibility index (Phi) is 6.29. The average molecular weight is 393 g/mol. The van der Waals surface area contributed by atoms with Gasteiger partial charge in [-0.3, -0.25) is 0 Å². The molecule has 0 fully saturated rings. The molecule has 0 atom stereocenters. The van der Waals surface area contributed by atoms with Gasteiger partial charge in [-0.05, 0) is 37.6 Å². The van der Waals surface area contributed by atoms with E-state index in [0.29, 0.717) is 18.9 Å². The first-order valence-corrected chi connectivity index (χ1v) is 9.65. The van der Waals surface area contributed by atoms with Crippen molar-refractivity contribution < 1.29 is 4.74 Å². The number of nitrogens with zero attached hydrogens (tertiary/aromatic N) is 5. The Bertz CT molecular complexity index is 1060. The molecule has 0 aliphatic rings. The molecule has 0 saturated heterocycles. The maximum atomic E-state index is 5.96. The van der Waals surface area contributed by atoms with Gasteiger partial charge in [0.25, 0.3) is 0 Å². The molecule has 0 aliphatic heterocycles. The Morgan fingerprint density at radius 3 is 2.62 bits per heavy atom. The van der Waals surface area contributed by atoms with E-state index in [4.69, 9.17) is 10.6 Å². The molecule has 3 rings (SSSR count). The molecule has 0 unspecified atom stereocenters. The molecule has 0 aliphatic carbocycles. The van der Waals surface area contributed by atoms with E-state index in [0.717, 1.165) is 39.4 Å². The number of aryl methyl sites for hydroxylation is 2. The van der Waals surface area contributed by atoms with Gasteiger partial charge in [0.2, 0.25) is 5.90 Å². The number of benzene rings is 2. The standard InChI is InChI=1S/C22H28N6O/c1-6-21(29-14-17-15(2)10-9-13-19(17)28(5)23)26-25-16(3)22-24-18-11-7-8-12-20(18)27(22)4/h7-13H,6,14,23H2,1-5H3. The van der Waals surface area contributed by atoms with Crippen molar-refractivity contribution in [1.82, 2.24) is 9.55 Å². The maximum absolute atomic E-state index is 5.96. The van der Waals surface area contributed by atoms with E-state index in [-0.39, 0.29) is 0 Å². The van der Waals surface area contributed by atoms with Gasteiger partial charge in [-0.25, -0.2) is 10.8 Å². The lowest BCUT2D eigenvalue weighted by atomic mass is 10.1. The monoisotopic (exact) mass is 392 g/mol. The fourth-order valence-corrected chi connectivity index (χ4v) is 3.21. The third-order valence-electron chi connectivity index (χ3n) is 4.87. The van der Waals surface area contributed by atoms with Gasteiger partial charge >= 0.3 is 0 Å². The van der Waals surface area contributed by atoms with Crippen LogP contribution in [0.15, 0.2) is 52.7 Å². The van der Waals surface area contributed by atoms with Crippen molar-refractivity contribution in [1.29, 1.82) is 0 Å². The van der Waals surface area contributed by atoms with E-state index < -0.39 is 0 Å². The van der Waals surface area contributed by atoms with Crippen LogP contribution >= 0.6 is 0 Å². The number of hydrogen-bond acceptors (Lipinski definition) is 6. The third kappa shape index (κ3) is 4.46. The molecule has 0 saturated carbocycles. The summed E-state index contributed by atoms with van der Waals surface area (Å²) >= 11 is 0. The summed E-state index contributed by atoms with van der Waals surface area (Å²) in [4.78, 5) is 4.65. The van der Waals surface area contributed by atoms with E-state index in [1.807, 2.05) is 81.9 Å². The number of hydrogen-bond donors (Lipinski definition) is 1. The Morgan fingerprint density at radius 1 is 1.17 bits per heavy atom. The molecule has 2 N–H and O–H groups in total. The molecule has 7 heteroatoms. The molecule has 7 nitrogen and oxygen atoms in total. The number of hydrazine groups is 1. The minimum absolute atomic E-state index is 0.386. The van der Waals surface area contributed by atoms with Gasteiger partial charge in [-0.1, -0.05) is 31.2 Å². The number of anilines is 1. The second kappa shape index (κ2) is 8.87. The lowest BCUT2D eigenvalue weighted by Gasteiger charge is -2.19. The van der Waals surface area contributed by atoms with Crippen molar-refractivity contribution in [2.24, 2.45) is 23.1 Å². The van der Waals surface area contributed by atoms with Gasteiger partial charge in [0.1, 0.15) is 12.3 Å². The van der Waals surface area contributed by atoms with E-state index in [9.17, 15) is 0 Å². The number of fused-ring (bicyclic) bond motifs is 1. The number of imidazole rings is 1. The highest BCUT2D eigenvalue weighted by molar-refractivity contribution is 5.98. The predicted molar refractivity (Wildman–Crippen MR) is 119 cm³/mol. The summed E-state index contributed by atoms with van der Waals surface area (Å²) in [7, 11) is 3.80. The lowest BCUT2D eigenvalue weighted by Crippen LogP contribution is -2.26. The summed E-state index contributed by atoms with van der Waals surface area (Å²) in [6.07, 6.45) is 0.638. The molecule has 29 heavy (non-hydrogen) atoms. The number of aromatic nitrogens is 2. The number of nitrogens with two attached hydrogens (primary N) is 1. The average Bonchev–Trinajstić information content (AvgIpc) is 3.05. The zero-order valence-electron chi connectivity index (χ0n) is 17.7. The van der Waals surface area contributed by atoms with Crippen molar-refractivity contribution in [3.8, 4) is 0 Å². The first kappa shape index (κ1) is 20.5. The van der Waals surface area contributed by atoms with Gasteiger partial charge in [-0.15, -0.1) is 10.2 Å². The molecule has 1 heterocycles. The highest BCUT2D eigenvalue weighted by Gasteiger charge is 2.11. The van der Waals surface area contributed by atoms with Crippen LogP contribution in [0.2, 0.25) is 0 Å². The number of para-hydroxylation sites is 2. The van der Waals surface area contributed by atoms with Crippen LogP contribution in [0, 0.1) is 6.92 Å². The Balaban J connectivity index is 1.80. The molecule has 0 amide bonds. The van der Waals surface area contributed by atoms with Crippen molar-refractivity contribution in [3.63, 3.8) is 0 Å². The minimum atomic E-state index is 0.386. The summed E-state index contributed by atoms with van der Waals surface area (Å²) in [5.74, 6) is 7.30. The Labute approximate surface area is 171 Å². The third-order valence-corrected chi connectivity index (χ3v) is 4.87. The predicted octanol–water partition coefficient (Wildman–Crippen LogP) is 3.94. The van der Waals surface area contributed by atoms with Crippen LogP contribution in [0.4, 0.5) is 5.69 Å². The fourth-order valence-electron chi connectivity index (χ4n) is 3.21. The zero-order chi connectivity index (χ0) is 21.0. The van der Waals surface area contributed by atoms with Crippen LogP contribution < -0.4 is 10.9 Å². The molecular weight excluding hydrogens is 364 g/mol. The largest absolute Gasteiger partial charge is 0.475 e. The van der Waals surface area contributed by atoms with E-state index >= 15 is 0 Å². The summed E-state index contributed by atoms with van der Waals surface area (Å²) in [6.45, 7) is 6.33. The Morgan fingerprint density at radius 2 is 1.93 bits per heavy atom. The first-order valence-electron chi connectivity index (χ1n) is 9.65. The van der Waals surface area contributed by atoms with Crippen LogP contribution in [-0.2, 0) is 18.4 Å². The second-order valence-corrected chi connectivity index (χ2v) is 6.99.